The minimum Gasteiger partial charge on any atom is -0.396 e. The van der Waals surface area contributed by atoms with E-state index in [2.05, 4.69) is 9.80 Å². The number of aliphatic hydroxyl groups excluding tert-OH is 1. The van der Waals surface area contributed by atoms with Gasteiger partial charge in [-0.1, -0.05) is 25.1 Å². The number of nitrogens with two attached hydrogens (primary N) is 1. The molecule has 17 heavy (non-hydrogen) atoms. The quantitative estimate of drug-likeness (QED) is 0.489. The predicted molar refractivity (Wildman–Crippen MR) is 75.2 cm³/mol. The number of rotatable bonds is 8. The summed E-state index contributed by atoms with van der Waals surface area (Å²) in [6.45, 7) is 6.69. The molecule has 0 aromatic heterocycles. The smallest absolute Gasteiger partial charge is 0.0870 e. The van der Waals surface area contributed by atoms with Crippen LogP contribution in [0.5, 0.6) is 0 Å². The number of nitrogens with zero attached hydrogens (tertiary/aromatic N) is 2. The summed E-state index contributed by atoms with van der Waals surface area (Å²) >= 11 is 4.92. The minimum atomic E-state index is 0.331. The highest BCUT2D eigenvalue weighted by molar-refractivity contribution is 7.80. The largest absolute Gasteiger partial charge is 0.396 e. The molecule has 1 aliphatic heterocycles. The first-order chi connectivity index (χ1) is 8.22. The monoisotopic (exact) mass is 259 g/mol. The summed E-state index contributed by atoms with van der Waals surface area (Å²) in [7, 11) is 0. The lowest BCUT2D eigenvalue weighted by molar-refractivity contribution is 0.143. The van der Waals surface area contributed by atoms with E-state index < -0.39 is 0 Å². The molecule has 0 atom stereocenters. The maximum Gasteiger partial charge on any atom is 0.0870 e. The van der Waals surface area contributed by atoms with Gasteiger partial charge in [-0.15, -0.1) is 0 Å². The van der Waals surface area contributed by atoms with E-state index in [1.165, 1.54) is 19.4 Å². The summed E-state index contributed by atoms with van der Waals surface area (Å²) in [5, 5.41) is 8.68. The number of aliphatic hydroxyl groups is 1. The summed E-state index contributed by atoms with van der Waals surface area (Å²) in [5.41, 5.74) is 5.54. The zero-order valence-corrected chi connectivity index (χ0v) is 11.4. The number of hydrogen-bond acceptors (Lipinski definition) is 4. The Kier molecular flexibility index (Phi) is 7.68. The van der Waals surface area contributed by atoms with Crippen LogP contribution in [-0.2, 0) is 0 Å². The number of piperazine rings is 1. The van der Waals surface area contributed by atoms with Gasteiger partial charge in [0.25, 0.3) is 0 Å². The van der Waals surface area contributed by atoms with E-state index in [-0.39, 0.29) is 0 Å². The van der Waals surface area contributed by atoms with Gasteiger partial charge in [0.15, 0.2) is 0 Å². The second-order valence-electron chi connectivity index (χ2n) is 4.72. The van der Waals surface area contributed by atoms with Crippen LogP contribution in [0.2, 0.25) is 0 Å². The lowest BCUT2D eigenvalue weighted by Crippen LogP contribution is -2.48. The second kappa shape index (κ2) is 8.80. The van der Waals surface area contributed by atoms with Gasteiger partial charge in [0, 0.05) is 39.3 Å². The average molecular weight is 259 g/mol. The van der Waals surface area contributed by atoms with Crippen molar-refractivity contribution in [2.24, 2.45) is 5.73 Å². The van der Waals surface area contributed by atoms with Crippen molar-refractivity contribution in [3.63, 3.8) is 0 Å². The van der Waals surface area contributed by atoms with E-state index in [9.17, 15) is 0 Å². The Morgan fingerprint density at radius 3 is 2.18 bits per heavy atom. The molecule has 1 heterocycles. The van der Waals surface area contributed by atoms with Gasteiger partial charge in [-0.3, -0.25) is 4.90 Å². The van der Waals surface area contributed by atoms with E-state index in [1.54, 1.807) is 0 Å². The molecule has 1 saturated heterocycles. The molecule has 0 aromatic rings. The number of unbranched alkanes of at least 4 members (excludes halogenated alkanes) is 3. The molecule has 3 N–H and O–H groups in total. The molecule has 1 fully saturated rings. The van der Waals surface area contributed by atoms with Crippen LogP contribution >= 0.6 is 12.2 Å². The van der Waals surface area contributed by atoms with Crippen molar-refractivity contribution < 1.29 is 5.11 Å². The standard InChI is InChI=1S/C12H25N3OS/c13-12(17)11-15-8-6-14(7-9-15)5-3-1-2-4-10-16/h16H,1-11H2,(H2,13,17). The fourth-order valence-electron chi connectivity index (χ4n) is 2.19. The average Bonchev–Trinajstić information content (AvgIpc) is 2.30. The van der Waals surface area contributed by atoms with Crippen molar-refractivity contribution in [1.29, 1.82) is 0 Å². The third-order valence-electron chi connectivity index (χ3n) is 3.23. The molecule has 0 spiro atoms. The zero-order valence-electron chi connectivity index (χ0n) is 10.6. The van der Waals surface area contributed by atoms with Crippen LogP contribution in [0.15, 0.2) is 0 Å². The Bertz CT molecular complexity index is 218. The molecule has 0 saturated carbocycles. The van der Waals surface area contributed by atoms with Gasteiger partial charge < -0.3 is 15.7 Å². The molecule has 0 radical (unpaired) electrons. The van der Waals surface area contributed by atoms with Crippen molar-refractivity contribution in [2.75, 3.05) is 45.9 Å². The molecule has 100 valence electrons. The third kappa shape index (κ3) is 6.93. The van der Waals surface area contributed by atoms with Crippen LogP contribution in [0.3, 0.4) is 0 Å². The molecular weight excluding hydrogens is 234 g/mol. The lowest BCUT2D eigenvalue weighted by Gasteiger charge is -2.34. The number of thiocarbonyl (C=S) groups is 1. The highest BCUT2D eigenvalue weighted by Gasteiger charge is 2.16. The van der Waals surface area contributed by atoms with Crippen LogP contribution in [0.25, 0.3) is 0 Å². The molecule has 4 nitrogen and oxygen atoms in total. The Morgan fingerprint density at radius 2 is 1.59 bits per heavy atom. The topological polar surface area (TPSA) is 52.7 Å². The molecule has 0 bridgehead atoms. The van der Waals surface area contributed by atoms with Crippen LogP contribution in [-0.4, -0.2) is 65.8 Å². The molecule has 0 unspecified atom stereocenters. The highest BCUT2D eigenvalue weighted by atomic mass is 32.1. The van der Waals surface area contributed by atoms with E-state index in [1.807, 2.05) is 0 Å². The molecule has 0 aliphatic carbocycles. The van der Waals surface area contributed by atoms with Gasteiger partial charge in [0.05, 0.1) is 4.99 Å². The fourth-order valence-corrected chi connectivity index (χ4v) is 2.37. The van der Waals surface area contributed by atoms with Gasteiger partial charge >= 0.3 is 0 Å². The molecule has 0 amide bonds. The first-order valence-corrected chi connectivity index (χ1v) is 6.97. The van der Waals surface area contributed by atoms with Crippen molar-refractivity contribution in [3.8, 4) is 0 Å². The summed E-state index contributed by atoms with van der Waals surface area (Å²) in [5.74, 6) is 0. The minimum absolute atomic E-state index is 0.331. The Balaban J connectivity index is 2.01. The number of hydrogen-bond donors (Lipinski definition) is 2. The third-order valence-corrected chi connectivity index (χ3v) is 3.36. The van der Waals surface area contributed by atoms with Gasteiger partial charge in [0.2, 0.25) is 0 Å². The van der Waals surface area contributed by atoms with Gasteiger partial charge in [-0.2, -0.15) is 0 Å². The molecule has 1 rings (SSSR count). The van der Waals surface area contributed by atoms with Crippen LogP contribution in [0, 0.1) is 0 Å². The van der Waals surface area contributed by atoms with Crippen molar-refractivity contribution in [2.45, 2.75) is 25.7 Å². The maximum atomic E-state index is 8.68. The lowest BCUT2D eigenvalue weighted by atomic mass is 10.2. The van der Waals surface area contributed by atoms with E-state index in [0.717, 1.165) is 45.6 Å². The van der Waals surface area contributed by atoms with E-state index in [4.69, 9.17) is 23.1 Å². The highest BCUT2D eigenvalue weighted by Crippen LogP contribution is 2.05. The van der Waals surface area contributed by atoms with E-state index in [0.29, 0.717) is 11.6 Å². The zero-order chi connectivity index (χ0) is 12.5. The van der Waals surface area contributed by atoms with Crippen LogP contribution < -0.4 is 5.73 Å². The summed E-state index contributed by atoms with van der Waals surface area (Å²) in [4.78, 5) is 5.43. The van der Waals surface area contributed by atoms with Crippen LogP contribution in [0.4, 0.5) is 0 Å². The van der Waals surface area contributed by atoms with Gasteiger partial charge in [0.1, 0.15) is 0 Å². The van der Waals surface area contributed by atoms with Crippen molar-refractivity contribution >= 4 is 17.2 Å². The maximum absolute atomic E-state index is 8.68. The summed E-state index contributed by atoms with van der Waals surface area (Å²) in [6.07, 6.45) is 4.57. The Hall–Kier alpha value is -0.230. The van der Waals surface area contributed by atoms with Crippen molar-refractivity contribution in [3.05, 3.63) is 0 Å². The summed E-state index contributed by atoms with van der Waals surface area (Å²) in [6, 6.07) is 0. The normalized spacial score (nSPS) is 18.4. The van der Waals surface area contributed by atoms with Crippen molar-refractivity contribution in [1.82, 2.24) is 9.80 Å². The van der Waals surface area contributed by atoms with Gasteiger partial charge in [-0.05, 0) is 19.4 Å². The summed E-state index contributed by atoms with van der Waals surface area (Å²) < 4.78 is 0. The predicted octanol–water partition coefficient (Wildman–Crippen LogP) is 0.443. The van der Waals surface area contributed by atoms with Crippen LogP contribution in [0.1, 0.15) is 25.7 Å². The Morgan fingerprint density at radius 1 is 1.00 bits per heavy atom. The molecule has 1 aliphatic rings. The molecule has 5 heteroatoms. The molecule has 0 aromatic carbocycles. The SMILES string of the molecule is NC(=S)CN1CCN(CCCCCCO)CC1. The van der Waals surface area contributed by atoms with E-state index >= 15 is 0 Å². The molecular formula is C12H25N3OS. The second-order valence-corrected chi connectivity index (χ2v) is 5.25. The Labute approximate surface area is 110 Å². The first kappa shape index (κ1) is 14.8. The van der Waals surface area contributed by atoms with Gasteiger partial charge in [-0.25, -0.2) is 0 Å². The fraction of sp³-hybridized carbons (Fsp3) is 0.917. The first-order valence-electron chi connectivity index (χ1n) is 6.56.